The van der Waals surface area contributed by atoms with Crippen molar-refractivity contribution in [3.05, 3.63) is 70.8 Å². The zero-order chi connectivity index (χ0) is 18.1. The number of esters is 1. The van der Waals surface area contributed by atoms with Crippen LogP contribution in [0, 0.1) is 0 Å². The highest BCUT2D eigenvalue weighted by Gasteiger charge is 2.21. The fourth-order valence-corrected chi connectivity index (χ4v) is 3.51. The van der Waals surface area contributed by atoms with Crippen molar-refractivity contribution in [2.24, 2.45) is 0 Å². The minimum absolute atomic E-state index is 0.219. The molecule has 2 rings (SSSR count). The molecule has 0 aromatic heterocycles. The van der Waals surface area contributed by atoms with Crippen LogP contribution in [0.15, 0.2) is 48.5 Å². The molecule has 3 heteroatoms. The third-order valence-electron chi connectivity index (χ3n) is 4.46. The Morgan fingerprint density at radius 3 is 2.40 bits per heavy atom. The molecule has 0 saturated heterocycles. The molecule has 0 bridgehead atoms. The molecule has 2 aromatic rings. The van der Waals surface area contributed by atoms with Gasteiger partial charge in [0.1, 0.15) is 0 Å². The molecule has 0 radical (unpaired) electrons. The van der Waals surface area contributed by atoms with Crippen molar-refractivity contribution in [1.82, 2.24) is 0 Å². The summed E-state index contributed by atoms with van der Waals surface area (Å²) >= 11 is 3.50. The summed E-state index contributed by atoms with van der Waals surface area (Å²) in [5.74, 6) is -0.00722. The van der Waals surface area contributed by atoms with Crippen molar-refractivity contribution in [1.29, 1.82) is 0 Å². The van der Waals surface area contributed by atoms with E-state index < -0.39 is 0 Å². The summed E-state index contributed by atoms with van der Waals surface area (Å²) in [7, 11) is 0. The molecule has 0 fully saturated rings. The van der Waals surface area contributed by atoms with Crippen LogP contribution in [0.2, 0.25) is 0 Å². The predicted molar refractivity (Wildman–Crippen MR) is 107 cm³/mol. The lowest BCUT2D eigenvalue weighted by Crippen LogP contribution is -2.12. The van der Waals surface area contributed by atoms with Crippen molar-refractivity contribution >= 4 is 21.9 Å². The van der Waals surface area contributed by atoms with Gasteiger partial charge in [-0.15, -0.1) is 0 Å². The molecule has 2 aromatic carbocycles. The quantitative estimate of drug-likeness (QED) is 0.272. The van der Waals surface area contributed by atoms with Gasteiger partial charge >= 0.3 is 5.97 Å². The van der Waals surface area contributed by atoms with Gasteiger partial charge in [-0.3, -0.25) is 0 Å². The smallest absolute Gasteiger partial charge is 0.338 e. The third-order valence-corrected chi connectivity index (χ3v) is 5.11. The summed E-state index contributed by atoms with van der Waals surface area (Å²) in [6, 6.07) is 16.6. The molecule has 0 spiro atoms. The second kappa shape index (κ2) is 10.4. The molecule has 0 N–H and O–H groups in total. The second-order valence-corrected chi connectivity index (χ2v) is 6.79. The first-order valence-electron chi connectivity index (χ1n) is 9.12. The Bertz CT molecular complexity index is 664. The maximum atomic E-state index is 12.4. The maximum absolute atomic E-state index is 12.4. The number of carbonyl (C=O) groups is 1. The van der Waals surface area contributed by atoms with E-state index in [2.05, 4.69) is 53.2 Å². The summed E-state index contributed by atoms with van der Waals surface area (Å²) < 4.78 is 5.27. The average molecular weight is 403 g/mol. The van der Waals surface area contributed by atoms with Gasteiger partial charge in [0, 0.05) is 11.2 Å². The van der Waals surface area contributed by atoms with E-state index in [0.717, 1.165) is 23.7 Å². The topological polar surface area (TPSA) is 26.3 Å². The van der Waals surface area contributed by atoms with Gasteiger partial charge in [0.15, 0.2) is 0 Å². The largest absolute Gasteiger partial charge is 0.462 e. The number of alkyl halides is 1. The molecule has 1 unspecified atom stereocenters. The number of carbonyl (C=O) groups excluding carboxylic acids is 1. The molecular formula is C22H27BrO2. The van der Waals surface area contributed by atoms with Gasteiger partial charge in [0.25, 0.3) is 0 Å². The van der Waals surface area contributed by atoms with Crippen LogP contribution in [0.5, 0.6) is 0 Å². The molecule has 2 nitrogen and oxygen atoms in total. The Kier molecular flexibility index (Phi) is 8.20. The second-order valence-electron chi connectivity index (χ2n) is 6.23. The van der Waals surface area contributed by atoms with E-state index >= 15 is 0 Å². The van der Waals surface area contributed by atoms with Crippen LogP contribution in [0.3, 0.4) is 0 Å². The number of unbranched alkanes of at least 4 members (excludes halogenated alkanes) is 2. The zero-order valence-electron chi connectivity index (χ0n) is 15.1. The number of halogens is 1. The predicted octanol–water partition coefficient (Wildman–Crippen LogP) is 6.47. The van der Waals surface area contributed by atoms with Crippen LogP contribution in [0.1, 0.15) is 72.5 Å². The average Bonchev–Trinajstić information content (AvgIpc) is 2.66. The minimum Gasteiger partial charge on any atom is -0.462 e. The first-order chi connectivity index (χ1) is 12.2. The Labute approximate surface area is 159 Å². The van der Waals surface area contributed by atoms with Crippen molar-refractivity contribution < 1.29 is 9.53 Å². The molecule has 0 aliphatic heterocycles. The van der Waals surface area contributed by atoms with Crippen molar-refractivity contribution in [2.75, 3.05) is 6.61 Å². The number of rotatable bonds is 9. The molecular weight excluding hydrogens is 376 g/mol. The number of hydrogen-bond donors (Lipinski definition) is 0. The standard InChI is InChI=1S/C22H27BrO2/c1-3-5-6-9-19(18-14-12-17(16-23)13-15-18)20-10-7-8-11-21(20)22(24)25-4-2/h7-8,10-15,19H,3-6,9,16H2,1-2H3. The summed E-state index contributed by atoms with van der Waals surface area (Å²) in [6.07, 6.45) is 4.59. The van der Waals surface area contributed by atoms with E-state index in [-0.39, 0.29) is 11.9 Å². The fourth-order valence-electron chi connectivity index (χ4n) is 3.13. The Balaban J connectivity index is 2.39. The maximum Gasteiger partial charge on any atom is 0.338 e. The first kappa shape index (κ1) is 19.7. The molecule has 134 valence electrons. The number of hydrogen-bond acceptors (Lipinski definition) is 2. The highest BCUT2D eigenvalue weighted by Crippen LogP contribution is 2.33. The number of ether oxygens (including phenoxy) is 1. The zero-order valence-corrected chi connectivity index (χ0v) is 16.7. The van der Waals surface area contributed by atoms with Crippen molar-refractivity contribution in [2.45, 2.75) is 50.8 Å². The van der Waals surface area contributed by atoms with Gasteiger partial charge in [0.2, 0.25) is 0 Å². The SMILES string of the molecule is CCCCCC(c1ccc(CBr)cc1)c1ccccc1C(=O)OCC. The highest BCUT2D eigenvalue weighted by molar-refractivity contribution is 9.08. The molecule has 25 heavy (non-hydrogen) atoms. The molecule has 0 aliphatic rings. The van der Waals surface area contributed by atoms with Crippen LogP contribution in [-0.2, 0) is 10.1 Å². The normalized spacial score (nSPS) is 12.0. The van der Waals surface area contributed by atoms with E-state index in [1.165, 1.54) is 24.0 Å². The van der Waals surface area contributed by atoms with E-state index in [4.69, 9.17) is 4.74 Å². The van der Waals surface area contributed by atoms with Gasteiger partial charge in [-0.1, -0.05) is 84.6 Å². The molecule has 0 saturated carbocycles. The van der Waals surface area contributed by atoms with Crippen LogP contribution >= 0.6 is 15.9 Å². The summed E-state index contributed by atoms with van der Waals surface area (Å²) in [6.45, 7) is 4.46. The lowest BCUT2D eigenvalue weighted by atomic mass is 9.84. The highest BCUT2D eigenvalue weighted by atomic mass is 79.9. The van der Waals surface area contributed by atoms with Gasteiger partial charge in [-0.25, -0.2) is 4.79 Å². The van der Waals surface area contributed by atoms with Gasteiger partial charge in [-0.2, -0.15) is 0 Å². The molecule has 0 amide bonds. The van der Waals surface area contributed by atoms with E-state index in [1.54, 1.807) is 0 Å². The van der Waals surface area contributed by atoms with Crippen LogP contribution < -0.4 is 0 Å². The number of benzene rings is 2. The molecule has 1 atom stereocenters. The minimum atomic E-state index is -0.226. The van der Waals surface area contributed by atoms with Gasteiger partial charge < -0.3 is 4.74 Å². The summed E-state index contributed by atoms with van der Waals surface area (Å²) in [5.41, 5.74) is 4.28. The summed E-state index contributed by atoms with van der Waals surface area (Å²) in [4.78, 5) is 12.4. The Morgan fingerprint density at radius 2 is 1.76 bits per heavy atom. The van der Waals surface area contributed by atoms with Crippen LogP contribution in [-0.4, -0.2) is 12.6 Å². The monoisotopic (exact) mass is 402 g/mol. The van der Waals surface area contributed by atoms with Crippen molar-refractivity contribution in [3.63, 3.8) is 0 Å². The first-order valence-corrected chi connectivity index (χ1v) is 10.2. The van der Waals surface area contributed by atoms with E-state index in [0.29, 0.717) is 12.2 Å². The fraction of sp³-hybridized carbons (Fsp3) is 0.409. The lowest BCUT2D eigenvalue weighted by molar-refractivity contribution is 0.0524. The van der Waals surface area contributed by atoms with Gasteiger partial charge in [0.05, 0.1) is 12.2 Å². The van der Waals surface area contributed by atoms with E-state index in [9.17, 15) is 4.79 Å². The Hall–Kier alpha value is -1.61. The van der Waals surface area contributed by atoms with Gasteiger partial charge in [-0.05, 0) is 36.1 Å². The van der Waals surface area contributed by atoms with Crippen LogP contribution in [0.4, 0.5) is 0 Å². The summed E-state index contributed by atoms with van der Waals surface area (Å²) in [5, 5.41) is 0.854. The third kappa shape index (κ3) is 5.43. The van der Waals surface area contributed by atoms with Crippen LogP contribution in [0.25, 0.3) is 0 Å². The molecule has 0 aliphatic carbocycles. The van der Waals surface area contributed by atoms with Crippen molar-refractivity contribution in [3.8, 4) is 0 Å². The lowest BCUT2D eigenvalue weighted by Gasteiger charge is -2.21. The van der Waals surface area contributed by atoms with E-state index in [1.807, 2.05) is 25.1 Å². The Morgan fingerprint density at radius 1 is 1.04 bits per heavy atom. The molecule has 0 heterocycles.